The second-order valence-corrected chi connectivity index (χ2v) is 12.1. The Balaban J connectivity index is 1.26. The third-order valence-electron chi connectivity index (χ3n) is 6.27. The Bertz CT molecular complexity index is 1860. The lowest BCUT2D eigenvalue weighted by molar-refractivity contribution is -0.138. The Morgan fingerprint density at radius 1 is 0.638 bits per heavy atom. The Labute approximate surface area is 284 Å². The maximum atomic E-state index is 11.1. The molecule has 0 saturated carbocycles. The highest BCUT2D eigenvalue weighted by Gasteiger charge is 2.01. The predicted molar refractivity (Wildman–Crippen MR) is 190 cm³/mol. The van der Waals surface area contributed by atoms with Crippen molar-refractivity contribution in [2.45, 2.75) is 16.7 Å². The van der Waals surface area contributed by atoms with Crippen LogP contribution in [0.25, 0.3) is 0 Å². The van der Waals surface area contributed by atoms with E-state index in [2.05, 4.69) is 47.1 Å². The number of ether oxygens (including phenoxy) is 2. The van der Waals surface area contributed by atoms with Gasteiger partial charge in [-0.2, -0.15) is 10.2 Å². The number of nitrogens with zero attached hydrogens (tertiary/aromatic N) is 2. The maximum absolute atomic E-state index is 11.1. The molecule has 0 fully saturated rings. The molecule has 0 amide bonds. The lowest BCUT2D eigenvalue weighted by Crippen LogP contribution is -2.03. The standard InChI is InChI=1S/C39H32N2O4S2/c1-4-38(42)44-24-26-46-35-19-12-31(13-20-35)7-6-30-10-17-34(18-11-30)40-41-37-23-16-33(28-29(37)3)9-8-32-14-21-36(22-15-32)47-27-25-45-39(43)5-2/h4-5,10-23,28H,1-2,24-27H2,3H3. The molecule has 4 aromatic carbocycles. The van der Waals surface area contributed by atoms with Crippen LogP contribution in [0.4, 0.5) is 11.4 Å². The zero-order valence-electron chi connectivity index (χ0n) is 25.9. The molecule has 0 spiro atoms. The summed E-state index contributed by atoms with van der Waals surface area (Å²) in [6, 6.07) is 29.4. The SMILES string of the molecule is C=CC(=O)OCCSc1ccc(C#Cc2ccc(N=Nc3ccc(C#Cc4ccc(SCCOC(=O)C=C)cc4)cc3C)cc2)cc1. The van der Waals surface area contributed by atoms with E-state index in [1.165, 1.54) is 0 Å². The van der Waals surface area contributed by atoms with Crippen LogP contribution in [0.1, 0.15) is 27.8 Å². The summed E-state index contributed by atoms with van der Waals surface area (Å²) in [5.41, 5.74) is 6.09. The molecule has 234 valence electrons. The number of carbonyl (C=O) groups excluding carboxylic acids is 2. The van der Waals surface area contributed by atoms with E-state index in [1.807, 2.05) is 97.9 Å². The van der Waals surface area contributed by atoms with Gasteiger partial charge in [0.25, 0.3) is 0 Å². The van der Waals surface area contributed by atoms with Crippen molar-refractivity contribution in [2.75, 3.05) is 24.7 Å². The lowest BCUT2D eigenvalue weighted by atomic mass is 10.1. The zero-order valence-corrected chi connectivity index (χ0v) is 27.5. The fourth-order valence-corrected chi connectivity index (χ4v) is 5.31. The summed E-state index contributed by atoms with van der Waals surface area (Å²) in [4.78, 5) is 24.4. The van der Waals surface area contributed by atoms with E-state index >= 15 is 0 Å². The monoisotopic (exact) mass is 656 g/mol. The average Bonchev–Trinajstić information content (AvgIpc) is 3.11. The van der Waals surface area contributed by atoms with E-state index in [9.17, 15) is 9.59 Å². The first-order valence-corrected chi connectivity index (χ1v) is 16.6. The summed E-state index contributed by atoms with van der Waals surface area (Å²) in [6.45, 7) is 9.44. The summed E-state index contributed by atoms with van der Waals surface area (Å²) in [5, 5.41) is 8.83. The Kier molecular flexibility index (Phi) is 13.7. The van der Waals surface area contributed by atoms with Crippen molar-refractivity contribution < 1.29 is 19.1 Å². The van der Waals surface area contributed by atoms with E-state index in [-0.39, 0.29) is 0 Å². The van der Waals surface area contributed by atoms with Crippen LogP contribution in [0.15, 0.2) is 136 Å². The molecule has 0 aliphatic heterocycles. The number of hydrogen-bond donors (Lipinski definition) is 0. The summed E-state index contributed by atoms with van der Waals surface area (Å²) >= 11 is 3.22. The first-order chi connectivity index (χ1) is 22.9. The van der Waals surface area contributed by atoms with Crippen molar-refractivity contribution in [3.8, 4) is 23.7 Å². The molecule has 8 heteroatoms. The molecule has 0 unspecified atom stereocenters. The molecule has 4 rings (SSSR count). The van der Waals surface area contributed by atoms with Gasteiger partial charge in [-0.05, 0) is 103 Å². The quantitative estimate of drug-likeness (QED) is 0.0379. The first kappa shape index (κ1) is 34.6. The minimum atomic E-state index is -0.407. The molecule has 0 bridgehead atoms. The van der Waals surface area contributed by atoms with Gasteiger partial charge in [0.05, 0.1) is 11.4 Å². The predicted octanol–water partition coefficient (Wildman–Crippen LogP) is 8.85. The molecular weight excluding hydrogens is 625 g/mol. The normalized spacial score (nSPS) is 10.2. The highest BCUT2D eigenvalue weighted by atomic mass is 32.2. The minimum absolute atomic E-state index is 0.340. The van der Waals surface area contributed by atoms with Crippen LogP contribution in [0.5, 0.6) is 0 Å². The zero-order chi connectivity index (χ0) is 33.3. The van der Waals surface area contributed by atoms with Gasteiger partial charge in [0.15, 0.2) is 0 Å². The summed E-state index contributed by atoms with van der Waals surface area (Å²) in [5.74, 6) is 13.3. The number of thioether (sulfide) groups is 2. The number of esters is 2. The third-order valence-corrected chi connectivity index (χ3v) is 8.23. The van der Waals surface area contributed by atoms with Crippen LogP contribution in [0, 0.1) is 30.6 Å². The number of carbonyl (C=O) groups is 2. The summed E-state index contributed by atoms with van der Waals surface area (Å²) in [7, 11) is 0. The lowest BCUT2D eigenvalue weighted by Gasteiger charge is -2.02. The number of benzene rings is 4. The molecular formula is C39H32N2O4S2. The summed E-state index contributed by atoms with van der Waals surface area (Å²) in [6.07, 6.45) is 2.33. The van der Waals surface area contributed by atoms with E-state index in [4.69, 9.17) is 9.47 Å². The van der Waals surface area contributed by atoms with Crippen molar-refractivity contribution in [1.82, 2.24) is 0 Å². The van der Waals surface area contributed by atoms with Crippen LogP contribution in [-0.2, 0) is 19.1 Å². The smallest absolute Gasteiger partial charge is 0.330 e. The van der Waals surface area contributed by atoms with Gasteiger partial charge in [-0.1, -0.05) is 36.8 Å². The fourth-order valence-electron chi connectivity index (χ4n) is 3.85. The molecule has 0 aliphatic carbocycles. The fraction of sp³-hybridized carbons (Fsp3) is 0.128. The molecule has 0 saturated heterocycles. The molecule has 6 nitrogen and oxygen atoms in total. The van der Waals surface area contributed by atoms with Crippen molar-refractivity contribution >= 4 is 46.8 Å². The van der Waals surface area contributed by atoms with Gasteiger partial charge in [0.2, 0.25) is 0 Å². The second kappa shape index (κ2) is 18.6. The van der Waals surface area contributed by atoms with Crippen molar-refractivity contribution in [3.05, 3.63) is 144 Å². The van der Waals surface area contributed by atoms with E-state index in [0.717, 1.165) is 61.1 Å². The van der Waals surface area contributed by atoms with Gasteiger partial charge in [0, 0.05) is 55.7 Å². The van der Waals surface area contributed by atoms with Gasteiger partial charge >= 0.3 is 11.9 Å². The van der Waals surface area contributed by atoms with Gasteiger partial charge in [0.1, 0.15) is 13.2 Å². The van der Waals surface area contributed by atoms with Gasteiger partial charge in [-0.3, -0.25) is 0 Å². The van der Waals surface area contributed by atoms with E-state index in [1.54, 1.807) is 23.5 Å². The van der Waals surface area contributed by atoms with Gasteiger partial charge in [-0.15, -0.1) is 23.5 Å². The number of aryl methyl sites for hydroxylation is 1. The van der Waals surface area contributed by atoms with Crippen LogP contribution < -0.4 is 0 Å². The number of rotatable bonds is 12. The maximum Gasteiger partial charge on any atom is 0.330 e. The third kappa shape index (κ3) is 12.2. The van der Waals surface area contributed by atoms with Gasteiger partial charge in [-0.25, -0.2) is 9.59 Å². The Morgan fingerprint density at radius 3 is 1.51 bits per heavy atom. The molecule has 0 aliphatic rings. The minimum Gasteiger partial charge on any atom is -0.462 e. The van der Waals surface area contributed by atoms with E-state index < -0.39 is 11.9 Å². The molecule has 0 aromatic heterocycles. The average molecular weight is 657 g/mol. The van der Waals surface area contributed by atoms with Crippen LogP contribution in [0.2, 0.25) is 0 Å². The van der Waals surface area contributed by atoms with Crippen molar-refractivity contribution in [2.24, 2.45) is 10.2 Å². The largest absolute Gasteiger partial charge is 0.462 e. The first-order valence-electron chi connectivity index (χ1n) is 14.6. The molecule has 0 heterocycles. The number of hydrogen-bond acceptors (Lipinski definition) is 8. The van der Waals surface area contributed by atoms with Crippen molar-refractivity contribution in [3.63, 3.8) is 0 Å². The topological polar surface area (TPSA) is 77.3 Å². The Hall–Kier alpha value is -5.28. The molecule has 4 aromatic rings. The highest BCUT2D eigenvalue weighted by molar-refractivity contribution is 7.99. The molecule has 0 N–H and O–H groups in total. The van der Waals surface area contributed by atoms with Gasteiger partial charge < -0.3 is 9.47 Å². The molecule has 0 radical (unpaired) electrons. The van der Waals surface area contributed by atoms with Crippen molar-refractivity contribution in [1.29, 1.82) is 0 Å². The second-order valence-electron chi connectivity index (χ2n) is 9.74. The number of azo groups is 1. The van der Waals surface area contributed by atoms with E-state index in [0.29, 0.717) is 24.7 Å². The highest BCUT2D eigenvalue weighted by Crippen LogP contribution is 2.24. The summed E-state index contributed by atoms with van der Waals surface area (Å²) < 4.78 is 9.99. The van der Waals surface area contributed by atoms with Crippen LogP contribution in [0.3, 0.4) is 0 Å². The van der Waals surface area contributed by atoms with Crippen LogP contribution >= 0.6 is 23.5 Å². The molecule has 47 heavy (non-hydrogen) atoms. The molecule has 0 atom stereocenters. The Morgan fingerprint density at radius 2 is 1.06 bits per heavy atom. The van der Waals surface area contributed by atoms with Crippen LogP contribution in [-0.4, -0.2) is 36.7 Å².